The van der Waals surface area contributed by atoms with Crippen LogP contribution in [0.3, 0.4) is 0 Å². The first-order valence-electron chi connectivity index (χ1n) is 9.28. The van der Waals surface area contributed by atoms with Crippen LogP contribution in [-0.4, -0.2) is 28.8 Å². The van der Waals surface area contributed by atoms with Gasteiger partial charge in [0, 0.05) is 30.0 Å². The number of ether oxygens (including phenoxy) is 1. The van der Waals surface area contributed by atoms with Gasteiger partial charge in [-0.2, -0.15) is 0 Å². The molecule has 3 aromatic rings. The van der Waals surface area contributed by atoms with Crippen molar-refractivity contribution in [2.24, 2.45) is 5.73 Å². The summed E-state index contributed by atoms with van der Waals surface area (Å²) in [4.78, 5) is 50.1. The van der Waals surface area contributed by atoms with E-state index in [0.29, 0.717) is 5.75 Å². The number of benzene rings is 2. The number of thiocarbonyl (C=S) groups is 1. The summed E-state index contributed by atoms with van der Waals surface area (Å²) in [5, 5.41) is 11.4. The van der Waals surface area contributed by atoms with Gasteiger partial charge in [0.05, 0.1) is 29.2 Å². The fourth-order valence-electron chi connectivity index (χ4n) is 3.80. The van der Waals surface area contributed by atoms with Gasteiger partial charge in [-0.05, 0) is 23.8 Å². The molecule has 2 aromatic carbocycles. The number of nitrogens with two attached hydrogens (primary N) is 1. The lowest BCUT2D eigenvalue weighted by Gasteiger charge is -2.18. The van der Waals surface area contributed by atoms with Gasteiger partial charge < -0.3 is 14.9 Å². The molecule has 0 bridgehead atoms. The SMILES string of the molecule is COc1cccc(N2C(=O)CC(c3c(C(N)=S)c(=O)oc4ccc([N+](=O)[O-])cc34)C2=O)c1. The zero-order valence-corrected chi connectivity index (χ0v) is 17.4. The molecule has 10 nitrogen and oxygen atoms in total. The van der Waals surface area contributed by atoms with Crippen molar-refractivity contribution >= 4 is 51.4 Å². The van der Waals surface area contributed by atoms with Crippen LogP contribution in [0.5, 0.6) is 5.75 Å². The van der Waals surface area contributed by atoms with Crippen LogP contribution in [0.4, 0.5) is 11.4 Å². The van der Waals surface area contributed by atoms with E-state index < -0.39 is 28.3 Å². The smallest absolute Gasteiger partial charge is 0.346 e. The minimum atomic E-state index is -1.14. The van der Waals surface area contributed by atoms with Gasteiger partial charge in [-0.25, -0.2) is 9.69 Å². The Hall–Kier alpha value is -4.12. The number of carbonyl (C=O) groups is 2. The van der Waals surface area contributed by atoms with E-state index in [0.717, 1.165) is 4.90 Å². The van der Waals surface area contributed by atoms with Crippen molar-refractivity contribution in [3.05, 3.63) is 74.1 Å². The normalized spacial score (nSPS) is 15.9. The van der Waals surface area contributed by atoms with Gasteiger partial charge in [0.15, 0.2) is 0 Å². The van der Waals surface area contributed by atoms with Crippen LogP contribution in [0, 0.1) is 10.1 Å². The molecule has 2 heterocycles. The molecular formula is C21H15N3O7S. The molecule has 0 saturated carbocycles. The number of fused-ring (bicyclic) bond motifs is 1. The van der Waals surface area contributed by atoms with Gasteiger partial charge in [-0.15, -0.1) is 0 Å². The molecule has 4 rings (SSSR count). The van der Waals surface area contributed by atoms with E-state index in [2.05, 4.69) is 0 Å². The minimum absolute atomic E-state index is 0.00989. The van der Waals surface area contributed by atoms with Crippen LogP contribution >= 0.6 is 12.2 Å². The number of amides is 2. The average molecular weight is 453 g/mol. The molecule has 1 aromatic heterocycles. The lowest BCUT2D eigenvalue weighted by molar-refractivity contribution is -0.384. The van der Waals surface area contributed by atoms with Crippen molar-refractivity contribution in [2.75, 3.05) is 12.0 Å². The van der Waals surface area contributed by atoms with Crippen molar-refractivity contribution in [2.45, 2.75) is 12.3 Å². The highest BCUT2D eigenvalue weighted by Crippen LogP contribution is 2.39. The van der Waals surface area contributed by atoms with E-state index in [1.807, 2.05) is 0 Å². The molecule has 1 aliphatic rings. The summed E-state index contributed by atoms with van der Waals surface area (Å²) in [6.07, 6.45) is -0.285. The first kappa shape index (κ1) is 21.1. The molecule has 1 unspecified atom stereocenters. The molecule has 32 heavy (non-hydrogen) atoms. The number of methoxy groups -OCH3 is 1. The standard InChI is InChI=1S/C21H15N3O7S/c1-30-12-4-2-3-10(7-12)23-16(25)9-14(20(23)26)17-13-8-11(24(28)29)5-6-15(13)31-21(27)18(17)19(22)32/h2-8,14H,9H2,1H3,(H2,22,32). The predicted molar refractivity (Wildman–Crippen MR) is 118 cm³/mol. The Balaban J connectivity index is 1.95. The molecule has 1 fully saturated rings. The summed E-state index contributed by atoms with van der Waals surface area (Å²) in [7, 11) is 1.45. The number of imide groups is 1. The van der Waals surface area contributed by atoms with E-state index in [1.165, 1.54) is 31.4 Å². The van der Waals surface area contributed by atoms with E-state index in [-0.39, 0.29) is 44.9 Å². The largest absolute Gasteiger partial charge is 0.497 e. The molecule has 2 N–H and O–H groups in total. The quantitative estimate of drug-likeness (QED) is 0.202. The second-order valence-electron chi connectivity index (χ2n) is 7.01. The molecule has 0 aliphatic carbocycles. The Morgan fingerprint density at radius 1 is 1.25 bits per heavy atom. The topological polar surface area (TPSA) is 146 Å². The Morgan fingerprint density at radius 2 is 2.00 bits per heavy atom. The Labute approximate surface area is 185 Å². The van der Waals surface area contributed by atoms with Crippen molar-refractivity contribution in [3.63, 3.8) is 0 Å². The van der Waals surface area contributed by atoms with E-state index >= 15 is 0 Å². The third kappa shape index (κ3) is 3.38. The highest BCUT2D eigenvalue weighted by Gasteiger charge is 2.43. The number of carbonyl (C=O) groups excluding carboxylic acids is 2. The highest BCUT2D eigenvalue weighted by molar-refractivity contribution is 7.80. The molecule has 162 valence electrons. The van der Waals surface area contributed by atoms with Crippen LogP contribution in [0.15, 0.2) is 51.7 Å². The van der Waals surface area contributed by atoms with Crippen LogP contribution in [0.1, 0.15) is 23.5 Å². The summed E-state index contributed by atoms with van der Waals surface area (Å²) in [5.41, 5.74) is 4.64. The number of non-ortho nitro benzene ring substituents is 1. The summed E-state index contributed by atoms with van der Waals surface area (Å²) in [5.74, 6) is -1.84. The van der Waals surface area contributed by atoms with Crippen LogP contribution in [0.25, 0.3) is 11.0 Å². The molecule has 2 amide bonds. The first-order valence-corrected chi connectivity index (χ1v) is 9.69. The van der Waals surface area contributed by atoms with Crippen molar-refractivity contribution in [1.82, 2.24) is 0 Å². The second-order valence-corrected chi connectivity index (χ2v) is 7.45. The van der Waals surface area contributed by atoms with Gasteiger partial charge in [0.2, 0.25) is 11.8 Å². The van der Waals surface area contributed by atoms with E-state index in [9.17, 15) is 24.5 Å². The van der Waals surface area contributed by atoms with E-state index in [1.54, 1.807) is 18.2 Å². The average Bonchev–Trinajstić information content (AvgIpc) is 3.05. The zero-order valence-electron chi connectivity index (χ0n) is 16.6. The number of nitro groups is 1. The number of rotatable bonds is 5. The monoisotopic (exact) mass is 453 g/mol. The third-order valence-electron chi connectivity index (χ3n) is 5.19. The maximum absolute atomic E-state index is 13.4. The Morgan fingerprint density at radius 3 is 2.66 bits per heavy atom. The van der Waals surface area contributed by atoms with Crippen LogP contribution < -0.4 is 21.0 Å². The lowest BCUT2D eigenvalue weighted by atomic mass is 9.90. The molecular weight excluding hydrogens is 438 g/mol. The third-order valence-corrected chi connectivity index (χ3v) is 5.40. The summed E-state index contributed by atoms with van der Waals surface area (Å²) < 4.78 is 10.4. The number of hydrogen-bond acceptors (Lipinski definition) is 8. The number of anilines is 1. The van der Waals surface area contributed by atoms with Crippen molar-refractivity contribution in [1.29, 1.82) is 0 Å². The second kappa shape index (κ2) is 7.85. The van der Waals surface area contributed by atoms with E-state index in [4.69, 9.17) is 27.1 Å². The summed E-state index contributed by atoms with van der Waals surface area (Å²) >= 11 is 5.00. The van der Waals surface area contributed by atoms with Crippen molar-refractivity contribution in [3.8, 4) is 5.75 Å². The van der Waals surface area contributed by atoms with Gasteiger partial charge in [0.1, 0.15) is 16.3 Å². The lowest BCUT2D eigenvalue weighted by Crippen LogP contribution is -2.31. The van der Waals surface area contributed by atoms with Crippen molar-refractivity contribution < 1.29 is 23.7 Å². The fourth-order valence-corrected chi connectivity index (χ4v) is 3.99. The molecule has 0 radical (unpaired) electrons. The predicted octanol–water partition coefficient (Wildman–Crippen LogP) is 2.39. The van der Waals surface area contributed by atoms with Gasteiger partial charge in [-0.1, -0.05) is 18.3 Å². The summed E-state index contributed by atoms with van der Waals surface area (Å²) in [6.45, 7) is 0. The number of hydrogen-bond donors (Lipinski definition) is 1. The van der Waals surface area contributed by atoms with Crippen LogP contribution in [0.2, 0.25) is 0 Å². The Kier molecular flexibility index (Phi) is 5.18. The maximum atomic E-state index is 13.4. The molecule has 1 atom stereocenters. The van der Waals surface area contributed by atoms with Gasteiger partial charge in [0.25, 0.3) is 5.69 Å². The highest BCUT2D eigenvalue weighted by atomic mass is 32.1. The van der Waals surface area contributed by atoms with Gasteiger partial charge >= 0.3 is 5.63 Å². The maximum Gasteiger partial charge on any atom is 0.346 e. The van der Waals surface area contributed by atoms with Gasteiger partial charge in [-0.3, -0.25) is 19.7 Å². The molecule has 11 heteroatoms. The number of nitro benzene ring substituents is 1. The minimum Gasteiger partial charge on any atom is -0.497 e. The Bertz CT molecular complexity index is 1380. The number of nitrogens with zero attached hydrogens (tertiary/aromatic N) is 2. The molecule has 1 aliphatic heterocycles. The molecule has 0 spiro atoms. The fraction of sp³-hybridized carbons (Fsp3) is 0.143. The summed E-state index contributed by atoms with van der Waals surface area (Å²) in [6, 6.07) is 9.96. The zero-order chi connectivity index (χ0) is 23.2. The van der Waals surface area contributed by atoms with Crippen LogP contribution in [-0.2, 0) is 9.59 Å². The first-order chi connectivity index (χ1) is 15.2. The molecule has 1 saturated heterocycles.